The number of unbranched alkanes of at least 4 members (excludes halogenated alkanes) is 26. The number of aliphatic hydroxyl groups excluding tert-OH is 2. The van der Waals surface area contributed by atoms with Crippen LogP contribution in [0.15, 0.2) is 41.4 Å². The van der Waals surface area contributed by atoms with E-state index in [2.05, 4.69) is 54.4 Å². The molecule has 0 aromatic carbocycles. The number of nitrogens with zero attached hydrogens (tertiary/aromatic N) is 2. The maximum atomic E-state index is 12.9. The van der Waals surface area contributed by atoms with Gasteiger partial charge in [-0.05, 0) is 50.5 Å². The number of carbonyl (C=O) groups excluding carboxylic acids is 2. The highest BCUT2D eigenvalue weighted by Gasteiger charge is 2.46. The Hall–Kier alpha value is -2.76. The average molecular weight is 1090 g/mol. The first-order valence-electron chi connectivity index (χ1n) is 28.2. The Morgan fingerprint density at radius 1 is 0.689 bits per heavy atom. The molecule has 0 spiro atoms. The summed E-state index contributed by atoms with van der Waals surface area (Å²) >= 11 is 0. The first-order chi connectivity index (χ1) is 35.5. The van der Waals surface area contributed by atoms with Crippen molar-refractivity contribution in [1.82, 2.24) is 9.55 Å². The minimum absolute atomic E-state index is 0.0510. The van der Waals surface area contributed by atoms with Crippen molar-refractivity contribution in [3.05, 3.63) is 47.1 Å². The van der Waals surface area contributed by atoms with Crippen LogP contribution in [0.25, 0.3) is 0 Å². The summed E-state index contributed by atoms with van der Waals surface area (Å²) in [6, 6.07) is 1.25. The van der Waals surface area contributed by atoms with Gasteiger partial charge in [0.25, 0.3) is 0 Å². The fourth-order valence-corrected chi connectivity index (χ4v) is 10.7. The number of ether oxygens (including phenoxy) is 3. The van der Waals surface area contributed by atoms with Crippen LogP contribution in [0.5, 0.6) is 0 Å². The van der Waals surface area contributed by atoms with Crippen LogP contribution < -0.4 is 11.4 Å². The number of aromatic nitrogens is 2. The predicted octanol–water partition coefficient (Wildman–Crippen LogP) is 12.4. The first kappa shape index (κ1) is 67.3. The van der Waals surface area contributed by atoms with Gasteiger partial charge in [-0.1, -0.05) is 199 Å². The number of phosphoric ester groups is 2. The Kier molecular flexibility index (Phi) is 37.6. The zero-order valence-electron chi connectivity index (χ0n) is 45.3. The third-order valence-corrected chi connectivity index (χ3v) is 15.6. The lowest BCUT2D eigenvalue weighted by Gasteiger charge is -2.21. The molecule has 0 bridgehead atoms. The molecule has 1 saturated heterocycles. The van der Waals surface area contributed by atoms with E-state index in [9.17, 15) is 43.5 Å². The summed E-state index contributed by atoms with van der Waals surface area (Å²) in [5.41, 5.74) is 4.60. The number of carbonyl (C=O) groups is 2. The Labute approximate surface area is 443 Å². The molecular weight excluding hydrogens is 993 g/mol. The van der Waals surface area contributed by atoms with E-state index < -0.39 is 83.7 Å². The van der Waals surface area contributed by atoms with Gasteiger partial charge in [-0.15, -0.1) is 0 Å². The van der Waals surface area contributed by atoms with E-state index in [-0.39, 0.29) is 18.7 Å². The molecule has 20 heteroatoms. The van der Waals surface area contributed by atoms with Crippen LogP contribution in [0, 0.1) is 5.92 Å². The molecular formula is C54H97N3O15P2. The zero-order chi connectivity index (χ0) is 54.3. The fraction of sp³-hybridized carbons (Fsp3) is 0.815. The quantitative estimate of drug-likeness (QED) is 0.0176. The number of nitrogen functional groups attached to an aromatic ring is 1. The van der Waals surface area contributed by atoms with Crippen LogP contribution in [-0.4, -0.2) is 85.7 Å². The molecule has 6 N–H and O–H groups in total. The van der Waals surface area contributed by atoms with Crippen LogP contribution in [0.3, 0.4) is 0 Å². The van der Waals surface area contributed by atoms with Gasteiger partial charge < -0.3 is 39.9 Å². The van der Waals surface area contributed by atoms with E-state index in [4.69, 9.17) is 29.0 Å². The maximum absolute atomic E-state index is 12.9. The summed E-state index contributed by atoms with van der Waals surface area (Å²) in [7, 11) is -10.8. The summed E-state index contributed by atoms with van der Waals surface area (Å²) < 4.78 is 57.0. The lowest BCUT2D eigenvalue weighted by Crippen LogP contribution is -2.36. The van der Waals surface area contributed by atoms with E-state index in [1.807, 2.05) is 0 Å². The Morgan fingerprint density at radius 2 is 1.16 bits per heavy atom. The fourth-order valence-electron chi connectivity index (χ4n) is 8.61. The van der Waals surface area contributed by atoms with Crippen LogP contribution in [0.2, 0.25) is 0 Å². The molecule has 3 unspecified atom stereocenters. The molecule has 74 heavy (non-hydrogen) atoms. The van der Waals surface area contributed by atoms with Gasteiger partial charge in [-0.25, -0.2) is 13.9 Å². The minimum Gasteiger partial charge on any atom is -0.462 e. The second kappa shape index (κ2) is 41.4. The lowest BCUT2D eigenvalue weighted by atomic mass is 10.0. The van der Waals surface area contributed by atoms with E-state index in [0.717, 1.165) is 74.7 Å². The summed E-state index contributed by atoms with van der Waals surface area (Å²) in [6.07, 6.45) is 36.8. The van der Waals surface area contributed by atoms with Crippen LogP contribution in [0.1, 0.15) is 232 Å². The number of esters is 2. The van der Waals surface area contributed by atoms with E-state index in [1.54, 1.807) is 0 Å². The Balaban J connectivity index is 1.75. The minimum atomic E-state index is -5.43. The van der Waals surface area contributed by atoms with Gasteiger partial charge in [-0.2, -0.15) is 9.29 Å². The van der Waals surface area contributed by atoms with Gasteiger partial charge in [0.15, 0.2) is 12.3 Å². The van der Waals surface area contributed by atoms with Gasteiger partial charge in [-0.3, -0.25) is 23.2 Å². The molecule has 0 amide bonds. The molecule has 1 aliphatic rings. The van der Waals surface area contributed by atoms with E-state index >= 15 is 0 Å². The summed E-state index contributed by atoms with van der Waals surface area (Å²) in [6.45, 7) is 4.50. The summed E-state index contributed by atoms with van der Waals surface area (Å²) in [4.78, 5) is 62.1. The summed E-state index contributed by atoms with van der Waals surface area (Å²) in [5, 5.41) is 20.9. The Morgan fingerprint density at radius 3 is 1.68 bits per heavy atom. The molecule has 1 aromatic heterocycles. The van der Waals surface area contributed by atoms with Gasteiger partial charge >= 0.3 is 33.3 Å². The molecule has 1 fully saturated rings. The van der Waals surface area contributed by atoms with Crippen molar-refractivity contribution in [3.63, 3.8) is 0 Å². The van der Waals surface area contributed by atoms with Gasteiger partial charge in [0, 0.05) is 19.0 Å². The molecule has 7 atom stereocenters. The molecule has 0 aliphatic carbocycles. The third-order valence-electron chi connectivity index (χ3n) is 13.0. The number of anilines is 1. The second-order valence-electron chi connectivity index (χ2n) is 20.3. The topological polar surface area (TPSA) is 265 Å². The number of allylic oxidation sites excluding steroid dienone is 4. The van der Waals surface area contributed by atoms with Crippen molar-refractivity contribution < 1.29 is 66.3 Å². The van der Waals surface area contributed by atoms with Crippen molar-refractivity contribution in [2.75, 3.05) is 25.6 Å². The molecule has 1 aromatic rings. The monoisotopic (exact) mass is 1090 g/mol. The maximum Gasteiger partial charge on any atom is 0.481 e. The van der Waals surface area contributed by atoms with Crippen molar-refractivity contribution in [2.45, 2.75) is 257 Å². The number of nitrogens with two attached hydrogens (primary N) is 1. The van der Waals surface area contributed by atoms with Crippen molar-refractivity contribution in [1.29, 1.82) is 0 Å². The van der Waals surface area contributed by atoms with Crippen LogP contribution in [0.4, 0.5) is 5.82 Å². The van der Waals surface area contributed by atoms with Gasteiger partial charge in [0.05, 0.1) is 13.2 Å². The van der Waals surface area contributed by atoms with E-state index in [1.165, 1.54) is 128 Å². The smallest absolute Gasteiger partial charge is 0.462 e. The predicted molar refractivity (Wildman–Crippen MR) is 289 cm³/mol. The third kappa shape index (κ3) is 34.1. The van der Waals surface area contributed by atoms with Crippen molar-refractivity contribution >= 4 is 33.4 Å². The average Bonchev–Trinajstić information content (AvgIpc) is 3.63. The molecule has 2 rings (SSSR count). The highest BCUT2D eigenvalue weighted by molar-refractivity contribution is 7.61. The summed E-state index contributed by atoms with van der Waals surface area (Å²) in [5.74, 6) is -0.480. The highest BCUT2D eigenvalue weighted by atomic mass is 31.3. The molecule has 0 radical (unpaired) electrons. The normalized spacial score (nSPS) is 19.1. The molecule has 428 valence electrons. The number of aliphatic hydroxyl groups is 2. The number of rotatable bonds is 47. The first-order valence-corrected chi connectivity index (χ1v) is 31.2. The van der Waals surface area contributed by atoms with Crippen molar-refractivity contribution in [2.24, 2.45) is 5.92 Å². The molecule has 18 nitrogen and oxygen atoms in total. The molecule has 0 saturated carbocycles. The van der Waals surface area contributed by atoms with Crippen LogP contribution in [-0.2, 0) is 46.3 Å². The van der Waals surface area contributed by atoms with Gasteiger partial charge in [0.1, 0.15) is 30.7 Å². The largest absolute Gasteiger partial charge is 0.481 e. The standard InChI is InChI=1S/C54H97N3O15P2/c1-4-5-6-7-8-9-10-11-16-20-23-26-29-32-35-38-49(58)67-42-46(70-50(59)39-36-33-30-27-24-21-18-15-13-12-14-17-19-22-25-28-31-34-37-45(2)3)43-68-73(63,64)72-74(65,66)69-44-47-51(60)52(61)53(71-47)57-41-40-48(55)56-54(57)62/h9-11,16,40-41,45-47,51-53,60-61H,4-8,12-15,17-39,42-44H2,1-3H3,(H,63,64)(H,65,66)(H2,55,56,62)/b10-9-,16-11-/t46-,47-,51+,52?,53-/m1/s1. The second-order valence-corrected chi connectivity index (χ2v) is 23.3. The SMILES string of the molecule is CCCCCC/C=C\C=C/CCCCCCCC(=O)OC[C@H](COP(=O)(O)OP(=O)(O)OC[C@H]1O[C@@H](n2ccc(N)nc2=O)C(O)[C@H]1O)OC(=O)CCCCCCCCCCCCCCCCCCCCC(C)C. The lowest BCUT2D eigenvalue weighted by molar-refractivity contribution is -0.161. The zero-order valence-corrected chi connectivity index (χ0v) is 47.1. The van der Waals surface area contributed by atoms with E-state index in [0.29, 0.717) is 12.8 Å². The van der Waals surface area contributed by atoms with Crippen LogP contribution >= 0.6 is 15.6 Å². The Bertz CT molecular complexity index is 1850. The van der Waals surface area contributed by atoms with Crippen molar-refractivity contribution in [3.8, 4) is 0 Å². The van der Waals surface area contributed by atoms with Gasteiger partial charge in [0.2, 0.25) is 0 Å². The number of hydrogen-bond donors (Lipinski definition) is 5. The number of hydrogen-bond acceptors (Lipinski definition) is 15. The molecule has 2 heterocycles. The molecule has 1 aliphatic heterocycles. The number of phosphoric acid groups is 2. The highest BCUT2D eigenvalue weighted by Crippen LogP contribution is 2.60.